The first-order valence-electron chi connectivity index (χ1n) is 6.23. The van der Waals surface area contributed by atoms with Crippen molar-refractivity contribution in [2.75, 3.05) is 13.1 Å². The van der Waals surface area contributed by atoms with Crippen LogP contribution in [-0.2, 0) is 0 Å². The summed E-state index contributed by atoms with van der Waals surface area (Å²) in [4.78, 5) is 3.62. The van der Waals surface area contributed by atoms with E-state index in [0.717, 1.165) is 17.8 Å². The number of aliphatic hydroxyl groups excluding tert-OH is 1. The van der Waals surface area contributed by atoms with Crippen LogP contribution in [0.1, 0.15) is 43.6 Å². The van der Waals surface area contributed by atoms with Crippen molar-refractivity contribution in [2.24, 2.45) is 0 Å². The molecule has 1 aromatic rings. The molecular weight excluding hydrogens is 218 g/mol. The molecule has 2 rings (SSSR count). The molecular formula is C13H21NOS. The Balaban J connectivity index is 1.78. The van der Waals surface area contributed by atoms with E-state index in [0.29, 0.717) is 6.04 Å². The maximum atomic E-state index is 10.0. The topological polar surface area (TPSA) is 23.5 Å². The third-order valence-corrected chi connectivity index (χ3v) is 4.48. The SMILES string of the molecule is C[C@H]1CCCCN1CC[C@@H](O)c1cccs1. The van der Waals surface area contributed by atoms with Crippen molar-refractivity contribution >= 4 is 11.3 Å². The maximum Gasteiger partial charge on any atom is 0.0894 e. The van der Waals surface area contributed by atoms with E-state index in [1.54, 1.807) is 11.3 Å². The predicted octanol–water partition coefficient (Wildman–Crippen LogP) is 3.05. The summed E-state index contributed by atoms with van der Waals surface area (Å²) in [6.07, 6.45) is 4.60. The molecule has 16 heavy (non-hydrogen) atoms. The van der Waals surface area contributed by atoms with Crippen LogP contribution in [0.5, 0.6) is 0 Å². The summed E-state index contributed by atoms with van der Waals surface area (Å²) in [6, 6.07) is 4.73. The van der Waals surface area contributed by atoms with Gasteiger partial charge in [0.05, 0.1) is 6.10 Å². The summed E-state index contributed by atoms with van der Waals surface area (Å²) in [5.74, 6) is 0. The zero-order valence-corrected chi connectivity index (χ0v) is 10.7. The van der Waals surface area contributed by atoms with Crippen molar-refractivity contribution in [1.82, 2.24) is 4.90 Å². The lowest BCUT2D eigenvalue weighted by Gasteiger charge is -2.33. The lowest BCUT2D eigenvalue weighted by atomic mass is 10.0. The molecule has 0 aromatic carbocycles. The van der Waals surface area contributed by atoms with Crippen LogP contribution in [0.2, 0.25) is 0 Å². The average Bonchev–Trinajstić information content (AvgIpc) is 2.81. The summed E-state index contributed by atoms with van der Waals surface area (Å²) < 4.78 is 0. The van der Waals surface area contributed by atoms with Crippen LogP contribution in [0.3, 0.4) is 0 Å². The van der Waals surface area contributed by atoms with Gasteiger partial charge in [-0.05, 0) is 44.2 Å². The van der Waals surface area contributed by atoms with Gasteiger partial charge >= 0.3 is 0 Å². The van der Waals surface area contributed by atoms with E-state index in [1.165, 1.54) is 25.8 Å². The number of nitrogens with zero attached hydrogens (tertiary/aromatic N) is 1. The average molecular weight is 239 g/mol. The van der Waals surface area contributed by atoms with Crippen molar-refractivity contribution in [3.8, 4) is 0 Å². The highest BCUT2D eigenvalue weighted by molar-refractivity contribution is 7.10. The van der Waals surface area contributed by atoms with E-state index in [1.807, 2.05) is 17.5 Å². The van der Waals surface area contributed by atoms with E-state index < -0.39 is 0 Å². The molecule has 0 amide bonds. The Labute approximate surface area is 102 Å². The van der Waals surface area contributed by atoms with E-state index >= 15 is 0 Å². The molecule has 1 N–H and O–H groups in total. The number of hydrogen-bond donors (Lipinski definition) is 1. The second-order valence-electron chi connectivity index (χ2n) is 4.70. The fourth-order valence-electron chi connectivity index (χ4n) is 2.40. The van der Waals surface area contributed by atoms with Crippen molar-refractivity contribution in [3.05, 3.63) is 22.4 Å². The first kappa shape index (κ1) is 12.1. The van der Waals surface area contributed by atoms with Gasteiger partial charge in [-0.2, -0.15) is 0 Å². The quantitative estimate of drug-likeness (QED) is 0.873. The fourth-order valence-corrected chi connectivity index (χ4v) is 3.15. The number of piperidine rings is 1. The summed E-state index contributed by atoms with van der Waals surface area (Å²) in [5.41, 5.74) is 0. The molecule has 2 heterocycles. The van der Waals surface area contributed by atoms with Gasteiger partial charge in [0.25, 0.3) is 0 Å². The van der Waals surface area contributed by atoms with Crippen LogP contribution in [0.4, 0.5) is 0 Å². The number of thiophene rings is 1. The van der Waals surface area contributed by atoms with Gasteiger partial charge in [0.15, 0.2) is 0 Å². The maximum absolute atomic E-state index is 10.0. The van der Waals surface area contributed by atoms with Crippen LogP contribution in [-0.4, -0.2) is 29.1 Å². The molecule has 0 saturated carbocycles. The minimum absolute atomic E-state index is 0.269. The smallest absolute Gasteiger partial charge is 0.0894 e. The number of rotatable bonds is 4. The van der Waals surface area contributed by atoms with Gasteiger partial charge in [0.1, 0.15) is 0 Å². The first-order chi connectivity index (χ1) is 7.77. The summed E-state index contributed by atoms with van der Waals surface area (Å²) in [7, 11) is 0. The van der Waals surface area contributed by atoms with Crippen LogP contribution >= 0.6 is 11.3 Å². The molecule has 2 atom stereocenters. The van der Waals surface area contributed by atoms with Crippen LogP contribution in [0.15, 0.2) is 17.5 Å². The normalized spacial score (nSPS) is 24.5. The molecule has 0 radical (unpaired) electrons. The number of aliphatic hydroxyl groups is 1. The summed E-state index contributed by atoms with van der Waals surface area (Å²) in [5, 5.41) is 12.0. The lowest BCUT2D eigenvalue weighted by Crippen LogP contribution is -2.38. The van der Waals surface area contributed by atoms with Gasteiger partial charge in [-0.3, -0.25) is 0 Å². The van der Waals surface area contributed by atoms with E-state index in [2.05, 4.69) is 11.8 Å². The minimum atomic E-state index is -0.269. The standard InChI is InChI=1S/C13H21NOS/c1-11-5-2-3-8-14(11)9-7-12(15)13-6-4-10-16-13/h4,6,10-12,15H,2-3,5,7-9H2,1H3/t11-,12+/m0/s1. The third kappa shape index (κ3) is 3.06. The molecule has 1 aliphatic heterocycles. The van der Waals surface area contributed by atoms with Crippen molar-refractivity contribution in [2.45, 2.75) is 44.8 Å². The zero-order chi connectivity index (χ0) is 11.4. The number of hydrogen-bond acceptors (Lipinski definition) is 3. The van der Waals surface area contributed by atoms with Gasteiger partial charge in [0, 0.05) is 17.5 Å². The molecule has 0 aliphatic carbocycles. The molecule has 1 aromatic heterocycles. The minimum Gasteiger partial charge on any atom is -0.388 e. The van der Waals surface area contributed by atoms with Crippen LogP contribution in [0, 0.1) is 0 Å². The highest BCUT2D eigenvalue weighted by Crippen LogP contribution is 2.23. The van der Waals surface area contributed by atoms with E-state index in [9.17, 15) is 5.11 Å². The molecule has 1 aliphatic rings. The van der Waals surface area contributed by atoms with E-state index in [-0.39, 0.29) is 6.10 Å². The number of likely N-dealkylation sites (tertiary alicyclic amines) is 1. The van der Waals surface area contributed by atoms with Gasteiger partial charge < -0.3 is 10.0 Å². The third-order valence-electron chi connectivity index (χ3n) is 3.50. The van der Waals surface area contributed by atoms with Crippen molar-refractivity contribution in [3.63, 3.8) is 0 Å². The molecule has 2 nitrogen and oxygen atoms in total. The largest absolute Gasteiger partial charge is 0.388 e. The van der Waals surface area contributed by atoms with E-state index in [4.69, 9.17) is 0 Å². The predicted molar refractivity (Wildman–Crippen MR) is 68.8 cm³/mol. The van der Waals surface area contributed by atoms with Crippen molar-refractivity contribution < 1.29 is 5.11 Å². The Hall–Kier alpha value is -0.380. The fraction of sp³-hybridized carbons (Fsp3) is 0.692. The Kier molecular flexibility index (Phi) is 4.38. The molecule has 1 fully saturated rings. The van der Waals surface area contributed by atoms with Crippen LogP contribution < -0.4 is 0 Å². The molecule has 0 unspecified atom stereocenters. The first-order valence-corrected chi connectivity index (χ1v) is 7.11. The van der Waals surface area contributed by atoms with Gasteiger partial charge in [0.2, 0.25) is 0 Å². The molecule has 3 heteroatoms. The van der Waals surface area contributed by atoms with Crippen molar-refractivity contribution in [1.29, 1.82) is 0 Å². The summed E-state index contributed by atoms with van der Waals surface area (Å²) >= 11 is 1.65. The van der Waals surface area contributed by atoms with Gasteiger partial charge in [-0.25, -0.2) is 0 Å². The second kappa shape index (κ2) is 5.80. The molecule has 90 valence electrons. The highest BCUT2D eigenvalue weighted by Gasteiger charge is 2.19. The van der Waals surface area contributed by atoms with Crippen LogP contribution in [0.25, 0.3) is 0 Å². The second-order valence-corrected chi connectivity index (χ2v) is 5.68. The molecule has 1 saturated heterocycles. The Morgan fingerprint density at radius 1 is 1.56 bits per heavy atom. The molecule has 0 spiro atoms. The monoisotopic (exact) mass is 239 g/mol. The Morgan fingerprint density at radius 2 is 2.44 bits per heavy atom. The van der Waals surface area contributed by atoms with Gasteiger partial charge in [-0.15, -0.1) is 11.3 Å². The Morgan fingerprint density at radius 3 is 3.12 bits per heavy atom. The zero-order valence-electron chi connectivity index (χ0n) is 9.93. The highest BCUT2D eigenvalue weighted by atomic mass is 32.1. The Bertz CT molecular complexity index is 299. The summed E-state index contributed by atoms with van der Waals surface area (Å²) in [6.45, 7) is 4.54. The van der Waals surface area contributed by atoms with Gasteiger partial charge in [-0.1, -0.05) is 12.5 Å². The molecule has 0 bridgehead atoms. The lowest BCUT2D eigenvalue weighted by molar-refractivity contribution is 0.111.